The Kier molecular flexibility index (Phi) is 6.11. The summed E-state index contributed by atoms with van der Waals surface area (Å²) in [4.78, 5) is 11.2. The predicted molar refractivity (Wildman–Crippen MR) is 49.2 cm³/mol. The molecule has 0 radical (unpaired) electrons. The van der Waals surface area contributed by atoms with Crippen LogP contribution in [-0.4, -0.2) is 29.5 Å². The van der Waals surface area contributed by atoms with Crippen LogP contribution in [0.4, 0.5) is 0 Å². The molecule has 0 bridgehead atoms. The highest BCUT2D eigenvalue weighted by Crippen LogP contribution is 1.99. The zero-order valence-corrected chi connectivity index (χ0v) is 8.27. The van der Waals surface area contributed by atoms with Crippen LogP contribution in [0.25, 0.3) is 0 Å². The Hall–Kier alpha value is -0.280. The van der Waals surface area contributed by atoms with Crippen molar-refractivity contribution in [1.29, 1.82) is 0 Å². The number of carbonyl (C=O) groups excluding carboxylic acids is 1. The van der Waals surface area contributed by atoms with Gasteiger partial charge in [0, 0.05) is 24.4 Å². The van der Waals surface area contributed by atoms with Gasteiger partial charge < -0.3 is 10.4 Å². The van der Waals surface area contributed by atoms with E-state index in [-0.39, 0.29) is 24.5 Å². The lowest BCUT2D eigenvalue weighted by Crippen LogP contribution is -2.37. The van der Waals surface area contributed by atoms with Crippen LogP contribution in [-0.2, 0) is 4.79 Å². The second kappa shape index (κ2) is 6.26. The molecular weight excluding hydrogens is 178 g/mol. The normalized spacial score (nSPS) is 15.3. The highest BCUT2D eigenvalue weighted by Gasteiger charge is 2.13. The lowest BCUT2D eigenvalue weighted by molar-refractivity contribution is -0.124. The molecule has 0 rings (SSSR count). The van der Waals surface area contributed by atoms with E-state index in [1.165, 1.54) is 0 Å². The molecule has 0 aliphatic carbocycles. The number of amides is 1. The van der Waals surface area contributed by atoms with Crippen molar-refractivity contribution in [2.45, 2.75) is 26.3 Å². The zero-order valence-electron chi connectivity index (χ0n) is 7.51. The summed E-state index contributed by atoms with van der Waals surface area (Å²) in [6, 6.07) is 0.0215. The van der Waals surface area contributed by atoms with Crippen LogP contribution in [0.1, 0.15) is 20.3 Å². The Labute approximate surface area is 78.1 Å². The lowest BCUT2D eigenvalue weighted by atomic mass is 10.1. The van der Waals surface area contributed by atoms with Gasteiger partial charge in [-0.25, -0.2) is 0 Å². The fourth-order valence-corrected chi connectivity index (χ4v) is 0.861. The van der Waals surface area contributed by atoms with Crippen molar-refractivity contribution in [1.82, 2.24) is 5.32 Å². The Balaban J connectivity index is 3.67. The number of halogens is 1. The van der Waals surface area contributed by atoms with Gasteiger partial charge in [0.25, 0.3) is 0 Å². The van der Waals surface area contributed by atoms with E-state index < -0.39 is 0 Å². The molecule has 1 amide bonds. The first kappa shape index (κ1) is 11.7. The first-order valence-corrected chi connectivity index (χ1v) is 4.62. The highest BCUT2D eigenvalue weighted by molar-refractivity contribution is 6.19. The Bertz CT molecular complexity index is 141. The molecule has 0 heterocycles. The van der Waals surface area contributed by atoms with Crippen molar-refractivity contribution >= 4 is 17.5 Å². The van der Waals surface area contributed by atoms with E-state index in [0.717, 1.165) is 0 Å². The van der Waals surface area contributed by atoms with Crippen LogP contribution in [0.3, 0.4) is 0 Å². The Morgan fingerprint density at radius 2 is 2.17 bits per heavy atom. The molecule has 0 aromatic rings. The van der Waals surface area contributed by atoms with E-state index in [1.807, 2.05) is 6.92 Å². The van der Waals surface area contributed by atoms with Gasteiger partial charge in [0.15, 0.2) is 0 Å². The number of aliphatic hydroxyl groups is 1. The van der Waals surface area contributed by atoms with Crippen molar-refractivity contribution in [3.8, 4) is 0 Å². The zero-order chi connectivity index (χ0) is 9.56. The maximum atomic E-state index is 11.2. The number of alkyl halides is 1. The minimum absolute atomic E-state index is 0.0215. The monoisotopic (exact) mass is 193 g/mol. The molecule has 2 N–H and O–H groups in total. The molecule has 0 spiro atoms. The molecule has 12 heavy (non-hydrogen) atoms. The summed E-state index contributed by atoms with van der Waals surface area (Å²) in [6.45, 7) is 3.72. The molecule has 0 aromatic heterocycles. The fourth-order valence-electron chi connectivity index (χ4n) is 0.721. The third-order valence-corrected chi connectivity index (χ3v) is 2.09. The summed E-state index contributed by atoms with van der Waals surface area (Å²) in [6.07, 6.45) is 0.584. The quantitative estimate of drug-likeness (QED) is 0.634. The van der Waals surface area contributed by atoms with Gasteiger partial charge >= 0.3 is 0 Å². The summed E-state index contributed by atoms with van der Waals surface area (Å²) in [5.41, 5.74) is 0. The number of aliphatic hydroxyl groups excluding tert-OH is 1. The second-order valence-corrected chi connectivity index (χ2v) is 3.29. The summed E-state index contributed by atoms with van der Waals surface area (Å²) >= 11 is 5.50. The number of nitrogens with one attached hydrogen (secondary N) is 1. The fraction of sp³-hybridized carbons (Fsp3) is 0.875. The molecule has 2 unspecified atom stereocenters. The third-order valence-electron chi connectivity index (χ3n) is 1.63. The molecule has 0 aliphatic heterocycles. The summed E-state index contributed by atoms with van der Waals surface area (Å²) in [5, 5.41) is 11.3. The van der Waals surface area contributed by atoms with Crippen LogP contribution < -0.4 is 5.32 Å². The van der Waals surface area contributed by atoms with Gasteiger partial charge in [-0.2, -0.15) is 0 Å². The molecule has 0 saturated heterocycles. The molecule has 0 aromatic carbocycles. The minimum atomic E-state index is -0.159. The average molecular weight is 194 g/mol. The van der Waals surface area contributed by atoms with Crippen LogP contribution in [0, 0.1) is 5.92 Å². The summed E-state index contributed by atoms with van der Waals surface area (Å²) in [7, 11) is 0. The number of rotatable bonds is 5. The van der Waals surface area contributed by atoms with Crippen LogP contribution in [0.2, 0.25) is 0 Å². The molecular formula is C8H16ClNO2. The summed E-state index contributed by atoms with van der Waals surface area (Å²) < 4.78 is 0. The van der Waals surface area contributed by atoms with Gasteiger partial charge in [-0.1, -0.05) is 6.92 Å². The molecule has 4 heteroatoms. The van der Waals surface area contributed by atoms with E-state index in [4.69, 9.17) is 16.7 Å². The number of hydrogen-bond acceptors (Lipinski definition) is 2. The van der Waals surface area contributed by atoms with Crippen molar-refractivity contribution in [2.24, 2.45) is 5.92 Å². The average Bonchev–Trinajstić information content (AvgIpc) is 2.03. The number of hydrogen-bond donors (Lipinski definition) is 2. The minimum Gasteiger partial charge on any atom is -0.396 e. The van der Waals surface area contributed by atoms with Crippen molar-refractivity contribution < 1.29 is 9.90 Å². The van der Waals surface area contributed by atoms with E-state index in [2.05, 4.69) is 5.32 Å². The van der Waals surface area contributed by atoms with Gasteiger partial charge in [-0.15, -0.1) is 11.6 Å². The van der Waals surface area contributed by atoms with Crippen molar-refractivity contribution in [3.63, 3.8) is 0 Å². The van der Waals surface area contributed by atoms with E-state index in [9.17, 15) is 4.79 Å². The van der Waals surface area contributed by atoms with E-state index >= 15 is 0 Å². The topological polar surface area (TPSA) is 49.3 Å². The van der Waals surface area contributed by atoms with Gasteiger partial charge in [0.1, 0.15) is 0 Å². The number of carbonyl (C=O) groups is 1. The Morgan fingerprint density at radius 1 is 1.58 bits per heavy atom. The van der Waals surface area contributed by atoms with Crippen molar-refractivity contribution in [3.05, 3.63) is 0 Å². The standard InChI is InChI=1S/C8H16ClNO2/c1-6(5-9)8(12)10-7(2)3-4-11/h6-7,11H,3-5H2,1-2H3,(H,10,12). The molecule has 0 aliphatic rings. The van der Waals surface area contributed by atoms with Crippen LogP contribution >= 0.6 is 11.6 Å². The molecule has 0 saturated carbocycles. The van der Waals surface area contributed by atoms with Crippen LogP contribution in [0.15, 0.2) is 0 Å². The molecule has 2 atom stereocenters. The SMILES string of the molecule is CC(CCO)NC(=O)C(C)CCl. The van der Waals surface area contributed by atoms with Gasteiger partial charge in [-0.3, -0.25) is 4.79 Å². The first-order chi connectivity index (χ1) is 5.61. The lowest BCUT2D eigenvalue weighted by Gasteiger charge is -2.14. The van der Waals surface area contributed by atoms with Crippen LogP contribution in [0.5, 0.6) is 0 Å². The van der Waals surface area contributed by atoms with Gasteiger partial charge in [0.05, 0.1) is 0 Å². The molecule has 72 valence electrons. The predicted octanol–water partition coefficient (Wildman–Crippen LogP) is 0.748. The second-order valence-electron chi connectivity index (χ2n) is 2.98. The maximum absolute atomic E-state index is 11.2. The summed E-state index contributed by atoms with van der Waals surface area (Å²) in [5.74, 6) is 0.122. The Morgan fingerprint density at radius 3 is 2.58 bits per heavy atom. The van der Waals surface area contributed by atoms with Gasteiger partial charge in [-0.05, 0) is 13.3 Å². The molecule has 3 nitrogen and oxygen atoms in total. The largest absolute Gasteiger partial charge is 0.396 e. The molecule has 0 fully saturated rings. The first-order valence-electron chi connectivity index (χ1n) is 4.09. The van der Waals surface area contributed by atoms with E-state index in [1.54, 1.807) is 6.92 Å². The van der Waals surface area contributed by atoms with Gasteiger partial charge in [0.2, 0.25) is 5.91 Å². The third kappa shape index (κ3) is 4.57. The van der Waals surface area contributed by atoms with E-state index in [0.29, 0.717) is 12.3 Å². The highest BCUT2D eigenvalue weighted by atomic mass is 35.5. The smallest absolute Gasteiger partial charge is 0.224 e. The van der Waals surface area contributed by atoms with Crippen molar-refractivity contribution in [2.75, 3.05) is 12.5 Å². The maximum Gasteiger partial charge on any atom is 0.224 e.